The van der Waals surface area contributed by atoms with Gasteiger partial charge >= 0.3 is 0 Å². The van der Waals surface area contributed by atoms with Crippen molar-refractivity contribution in [3.8, 4) is 11.4 Å². The fourth-order valence-electron chi connectivity index (χ4n) is 3.70. The largest absolute Gasteiger partial charge is 0.281 e. The molecule has 5 rings (SSSR count). The molecule has 3 aromatic carbocycles. The van der Waals surface area contributed by atoms with Crippen molar-refractivity contribution >= 4 is 45.7 Å². The van der Waals surface area contributed by atoms with Gasteiger partial charge in [-0.2, -0.15) is 9.69 Å². The second-order valence-electron chi connectivity index (χ2n) is 7.17. The molecule has 0 N–H and O–H groups in total. The van der Waals surface area contributed by atoms with E-state index in [9.17, 15) is 14.4 Å². The molecule has 2 amide bonds. The Labute approximate surface area is 188 Å². The fourth-order valence-corrected chi connectivity index (χ4v) is 4.09. The van der Waals surface area contributed by atoms with E-state index in [-0.39, 0.29) is 10.9 Å². The number of aromatic nitrogens is 2. The Morgan fingerprint density at radius 3 is 2.09 bits per heavy atom. The van der Waals surface area contributed by atoms with Crippen LogP contribution in [0, 0.1) is 0 Å². The number of fused-ring (bicyclic) bond motifs is 1. The fraction of sp³-hybridized carbons (Fsp3) is 0.0417. The molecule has 8 heteroatoms. The van der Waals surface area contributed by atoms with E-state index >= 15 is 0 Å². The second kappa shape index (κ2) is 7.82. The van der Waals surface area contributed by atoms with E-state index in [1.807, 2.05) is 24.3 Å². The van der Waals surface area contributed by atoms with Crippen molar-refractivity contribution in [2.24, 2.45) is 0 Å². The van der Waals surface area contributed by atoms with Gasteiger partial charge in [-0.25, -0.2) is 4.98 Å². The van der Waals surface area contributed by atoms with Gasteiger partial charge in [0.1, 0.15) is 6.42 Å². The summed E-state index contributed by atoms with van der Waals surface area (Å²) in [5.74, 6) is -0.790. The predicted octanol–water partition coefficient (Wildman–Crippen LogP) is 3.25. The Kier molecular flexibility index (Phi) is 4.84. The number of carbonyl (C=O) groups is 2. The normalized spacial score (nSPS) is 14.3. The Balaban J connectivity index is 1.77. The highest BCUT2D eigenvalue weighted by Gasteiger charge is 2.39. The van der Waals surface area contributed by atoms with Crippen LogP contribution in [0.2, 0.25) is 0 Å². The van der Waals surface area contributed by atoms with Crippen molar-refractivity contribution in [3.05, 3.63) is 95.3 Å². The molecule has 0 saturated carbocycles. The van der Waals surface area contributed by atoms with Crippen LogP contribution in [0.4, 0.5) is 5.69 Å². The van der Waals surface area contributed by atoms with Crippen LogP contribution >= 0.6 is 12.2 Å². The van der Waals surface area contributed by atoms with Crippen LogP contribution in [-0.2, 0) is 9.59 Å². The van der Waals surface area contributed by atoms with Crippen molar-refractivity contribution in [3.63, 3.8) is 0 Å². The smallest absolute Gasteiger partial charge is 0.273 e. The molecule has 1 aliphatic rings. The number of anilines is 1. The van der Waals surface area contributed by atoms with E-state index in [0.29, 0.717) is 22.2 Å². The molecule has 1 aliphatic heterocycles. The minimum atomic E-state index is -0.594. The van der Waals surface area contributed by atoms with Gasteiger partial charge in [-0.05, 0) is 36.5 Å². The van der Waals surface area contributed by atoms with E-state index in [0.717, 1.165) is 5.01 Å². The van der Waals surface area contributed by atoms with Crippen LogP contribution in [-0.4, -0.2) is 26.6 Å². The van der Waals surface area contributed by atoms with Gasteiger partial charge < -0.3 is 0 Å². The molecule has 1 saturated heterocycles. The van der Waals surface area contributed by atoms with Crippen molar-refractivity contribution in [2.45, 2.75) is 6.42 Å². The molecule has 0 aliphatic carbocycles. The zero-order valence-corrected chi connectivity index (χ0v) is 17.5. The van der Waals surface area contributed by atoms with Crippen LogP contribution in [0.25, 0.3) is 22.3 Å². The first kappa shape index (κ1) is 19.8. The molecular weight excluding hydrogens is 424 g/mol. The molecule has 0 spiro atoms. The first-order valence-electron chi connectivity index (χ1n) is 9.88. The molecule has 0 unspecified atom stereocenters. The van der Waals surface area contributed by atoms with Crippen molar-refractivity contribution in [1.82, 2.24) is 9.66 Å². The number of hydrogen-bond acceptors (Lipinski definition) is 5. The van der Waals surface area contributed by atoms with E-state index < -0.39 is 23.8 Å². The number of nitrogens with zero attached hydrogens (tertiary/aromatic N) is 4. The number of benzene rings is 3. The third-order valence-electron chi connectivity index (χ3n) is 5.16. The van der Waals surface area contributed by atoms with Crippen molar-refractivity contribution < 1.29 is 9.59 Å². The Hall–Kier alpha value is -4.17. The molecule has 2 heterocycles. The number of amides is 2. The predicted molar refractivity (Wildman–Crippen MR) is 126 cm³/mol. The average Bonchev–Trinajstić information content (AvgIpc) is 2.81. The number of thiocarbonyl (C=S) groups is 1. The van der Waals surface area contributed by atoms with Gasteiger partial charge in [-0.3, -0.25) is 19.3 Å². The monoisotopic (exact) mass is 440 g/mol. The van der Waals surface area contributed by atoms with E-state index in [4.69, 9.17) is 12.2 Å². The topological polar surface area (TPSA) is 75.5 Å². The molecule has 1 aromatic heterocycles. The summed E-state index contributed by atoms with van der Waals surface area (Å²) in [4.78, 5) is 45.3. The lowest BCUT2D eigenvalue weighted by Crippen LogP contribution is -2.62. The van der Waals surface area contributed by atoms with E-state index in [1.165, 1.54) is 9.58 Å². The van der Waals surface area contributed by atoms with Gasteiger partial charge in [-0.15, -0.1) is 0 Å². The maximum absolute atomic E-state index is 13.6. The third kappa shape index (κ3) is 3.17. The minimum Gasteiger partial charge on any atom is -0.273 e. The Morgan fingerprint density at radius 2 is 1.38 bits per heavy atom. The van der Waals surface area contributed by atoms with Gasteiger partial charge in [0.25, 0.3) is 11.5 Å². The van der Waals surface area contributed by atoms with E-state index in [2.05, 4.69) is 4.98 Å². The molecule has 32 heavy (non-hydrogen) atoms. The SMILES string of the molecule is O=C1CC(=O)N(n2c(-c3ccccc3)nc3ccccc3c2=O)C(=S)N1c1ccccc1. The highest BCUT2D eigenvalue weighted by Crippen LogP contribution is 2.24. The molecule has 0 atom stereocenters. The maximum atomic E-state index is 13.6. The van der Waals surface area contributed by atoms with Crippen molar-refractivity contribution in [1.29, 1.82) is 0 Å². The van der Waals surface area contributed by atoms with Gasteiger partial charge in [0.2, 0.25) is 11.0 Å². The zero-order chi connectivity index (χ0) is 22.2. The van der Waals surface area contributed by atoms with Crippen LogP contribution < -0.4 is 15.5 Å². The molecule has 7 nitrogen and oxygen atoms in total. The average molecular weight is 440 g/mol. The summed E-state index contributed by atoms with van der Waals surface area (Å²) < 4.78 is 1.17. The summed E-state index contributed by atoms with van der Waals surface area (Å²) in [6.07, 6.45) is -0.428. The summed E-state index contributed by atoms with van der Waals surface area (Å²) in [6, 6.07) is 24.8. The number of rotatable bonds is 3. The lowest BCUT2D eigenvalue weighted by Gasteiger charge is -2.36. The first-order valence-corrected chi connectivity index (χ1v) is 10.3. The quantitative estimate of drug-likeness (QED) is 0.361. The molecule has 156 valence electrons. The summed E-state index contributed by atoms with van der Waals surface area (Å²) in [7, 11) is 0. The second-order valence-corrected chi connectivity index (χ2v) is 7.53. The van der Waals surface area contributed by atoms with Crippen LogP contribution in [0.5, 0.6) is 0 Å². The summed E-state index contributed by atoms with van der Waals surface area (Å²) >= 11 is 5.58. The lowest BCUT2D eigenvalue weighted by molar-refractivity contribution is -0.127. The molecular formula is C24H16N4O3S. The molecule has 1 fully saturated rings. The third-order valence-corrected chi connectivity index (χ3v) is 5.52. The van der Waals surface area contributed by atoms with Crippen molar-refractivity contribution in [2.75, 3.05) is 9.91 Å². The standard InChI is InChI=1S/C24H16N4O3S/c29-20-15-21(30)27(24(32)26(20)17-11-5-2-6-12-17)28-22(16-9-3-1-4-10-16)25-19-14-8-7-13-18(19)23(28)31/h1-14H,15H2. The van der Waals surface area contributed by atoms with Gasteiger partial charge in [0.15, 0.2) is 5.82 Å². The van der Waals surface area contributed by atoms with Crippen LogP contribution in [0.15, 0.2) is 89.7 Å². The minimum absolute atomic E-state index is 0.103. The number of carbonyl (C=O) groups excluding carboxylic acids is 2. The number of para-hydroxylation sites is 2. The van der Waals surface area contributed by atoms with Gasteiger partial charge in [0, 0.05) is 5.56 Å². The molecule has 0 bridgehead atoms. The highest BCUT2D eigenvalue weighted by atomic mass is 32.1. The van der Waals surface area contributed by atoms with E-state index in [1.54, 1.807) is 60.7 Å². The highest BCUT2D eigenvalue weighted by molar-refractivity contribution is 7.81. The zero-order valence-electron chi connectivity index (χ0n) is 16.7. The molecule has 0 radical (unpaired) electrons. The Bertz CT molecular complexity index is 1430. The summed E-state index contributed by atoms with van der Waals surface area (Å²) in [6.45, 7) is 0. The van der Waals surface area contributed by atoms with Gasteiger partial charge in [0.05, 0.1) is 16.6 Å². The maximum Gasteiger partial charge on any atom is 0.281 e. The molecule has 4 aromatic rings. The van der Waals surface area contributed by atoms with Crippen LogP contribution in [0.3, 0.4) is 0 Å². The lowest BCUT2D eigenvalue weighted by atomic mass is 10.2. The van der Waals surface area contributed by atoms with Gasteiger partial charge in [-0.1, -0.05) is 60.7 Å². The Morgan fingerprint density at radius 1 is 0.750 bits per heavy atom. The summed E-state index contributed by atoms with van der Waals surface area (Å²) in [5, 5.41) is 1.31. The first-order chi connectivity index (χ1) is 15.6. The summed E-state index contributed by atoms with van der Waals surface area (Å²) in [5.41, 5.74) is 1.20. The van der Waals surface area contributed by atoms with Crippen LogP contribution in [0.1, 0.15) is 6.42 Å². The number of hydrogen-bond donors (Lipinski definition) is 0.